The Morgan fingerprint density at radius 2 is 1.75 bits per heavy atom. The van der Waals surface area contributed by atoms with E-state index in [4.69, 9.17) is 4.74 Å². The van der Waals surface area contributed by atoms with Crippen LogP contribution in [-0.4, -0.2) is 60.9 Å². The number of aliphatic hydroxyl groups excluding tert-OH is 1. The van der Waals surface area contributed by atoms with Gasteiger partial charge in [-0.25, -0.2) is 8.78 Å². The van der Waals surface area contributed by atoms with Crippen molar-refractivity contribution in [3.05, 3.63) is 106 Å². The number of benzene rings is 3. The van der Waals surface area contributed by atoms with E-state index in [9.17, 15) is 18.7 Å². The Morgan fingerprint density at radius 1 is 1.02 bits per heavy atom. The number of hydrogen-bond acceptors (Lipinski definition) is 5. The Bertz CT molecular complexity index is 1330. The Hall–Kier alpha value is -2.59. The molecule has 44 heavy (non-hydrogen) atoms. The number of carbonyl (C=O) groups is 1. The Balaban J connectivity index is 0.00000337. The summed E-state index contributed by atoms with van der Waals surface area (Å²) in [6.45, 7) is 7.16. The van der Waals surface area contributed by atoms with Crippen molar-refractivity contribution in [2.75, 3.05) is 26.8 Å². The van der Waals surface area contributed by atoms with E-state index in [-0.39, 0.29) is 43.7 Å². The molecule has 4 rings (SSSR count). The molecule has 3 N–H and O–H groups in total. The molecule has 0 radical (unpaired) electrons. The van der Waals surface area contributed by atoms with Gasteiger partial charge in [-0.05, 0) is 85.7 Å². The summed E-state index contributed by atoms with van der Waals surface area (Å²) in [5.41, 5.74) is 5.15. The van der Waals surface area contributed by atoms with Crippen LogP contribution in [0.15, 0.2) is 60.7 Å². The quantitative estimate of drug-likeness (QED) is 0.206. The van der Waals surface area contributed by atoms with Crippen LogP contribution >= 0.6 is 24.8 Å². The van der Waals surface area contributed by atoms with Crippen molar-refractivity contribution in [1.82, 2.24) is 15.5 Å². The lowest BCUT2D eigenvalue weighted by atomic mass is 9.99. The molecule has 6 nitrogen and oxygen atoms in total. The first-order chi connectivity index (χ1) is 20.2. The average molecular weight is 653 g/mol. The van der Waals surface area contributed by atoms with Crippen molar-refractivity contribution in [2.45, 2.75) is 70.8 Å². The summed E-state index contributed by atoms with van der Waals surface area (Å²) in [5.74, 6) is -1.74. The first-order valence-electron chi connectivity index (χ1n) is 14.8. The van der Waals surface area contributed by atoms with E-state index in [1.165, 1.54) is 17.7 Å². The molecule has 1 aliphatic heterocycles. The molecule has 242 valence electrons. The maximum absolute atomic E-state index is 14.0. The zero-order valence-electron chi connectivity index (χ0n) is 25.7. The monoisotopic (exact) mass is 651 g/mol. The minimum Gasteiger partial charge on any atom is -0.390 e. The average Bonchev–Trinajstić information content (AvgIpc) is 3.38. The van der Waals surface area contributed by atoms with Gasteiger partial charge in [0.2, 0.25) is 0 Å². The number of rotatable bonds is 14. The fourth-order valence-corrected chi connectivity index (χ4v) is 5.79. The highest BCUT2D eigenvalue weighted by Gasteiger charge is 2.26. The molecule has 3 aromatic rings. The highest BCUT2D eigenvalue weighted by atomic mass is 35.5. The number of hydrogen-bond donors (Lipinski definition) is 3. The molecule has 1 heterocycles. The smallest absolute Gasteiger partial charge is 0.251 e. The largest absolute Gasteiger partial charge is 0.390 e. The number of aryl methyl sites for hydroxylation is 2. The minimum absolute atomic E-state index is 0. The van der Waals surface area contributed by atoms with Gasteiger partial charge < -0.3 is 20.5 Å². The van der Waals surface area contributed by atoms with Gasteiger partial charge in [-0.2, -0.15) is 0 Å². The number of nitrogens with zero attached hydrogens (tertiary/aromatic N) is 1. The van der Waals surface area contributed by atoms with Gasteiger partial charge in [0, 0.05) is 44.4 Å². The molecule has 1 saturated heterocycles. The lowest BCUT2D eigenvalue weighted by molar-refractivity contribution is 0.0829. The number of amides is 1. The molecule has 10 heteroatoms. The van der Waals surface area contributed by atoms with Crippen LogP contribution in [0.3, 0.4) is 0 Å². The maximum Gasteiger partial charge on any atom is 0.251 e. The molecule has 3 atom stereocenters. The van der Waals surface area contributed by atoms with Crippen LogP contribution in [0.2, 0.25) is 0 Å². The number of ether oxygens (including phenoxy) is 1. The van der Waals surface area contributed by atoms with Gasteiger partial charge in [0.15, 0.2) is 0 Å². The summed E-state index contributed by atoms with van der Waals surface area (Å²) in [5, 5.41) is 17.4. The molecule has 3 aromatic carbocycles. The first-order valence-corrected chi connectivity index (χ1v) is 14.8. The van der Waals surface area contributed by atoms with Crippen LogP contribution in [0, 0.1) is 18.6 Å². The van der Waals surface area contributed by atoms with Gasteiger partial charge >= 0.3 is 0 Å². The van der Waals surface area contributed by atoms with Crippen LogP contribution in [0.4, 0.5) is 8.78 Å². The second kappa shape index (κ2) is 18.4. The Morgan fingerprint density at radius 3 is 2.45 bits per heavy atom. The van der Waals surface area contributed by atoms with Gasteiger partial charge in [0.05, 0.1) is 18.8 Å². The summed E-state index contributed by atoms with van der Waals surface area (Å²) >= 11 is 0. The fourth-order valence-electron chi connectivity index (χ4n) is 5.79. The van der Waals surface area contributed by atoms with Crippen molar-refractivity contribution in [1.29, 1.82) is 0 Å². The fraction of sp³-hybridized carbons (Fsp3) is 0.441. The van der Waals surface area contributed by atoms with E-state index in [1.54, 1.807) is 7.11 Å². The normalized spacial score (nSPS) is 16.1. The summed E-state index contributed by atoms with van der Waals surface area (Å²) in [7, 11) is 1.72. The number of nitrogens with one attached hydrogen (secondary N) is 2. The van der Waals surface area contributed by atoms with Crippen molar-refractivity contribution < 1.29 is 23.4 Å². The summed E-state index contributed by atoms with van der Waals surface area (Å²) in [6, 6.07) is 16.8. The number of carbonyl (C=O) groups excluding carboxylic acids is 1. The van der Waals surface area contributed by atoms with E-state index in [2.05, 4.69) is 40.7 Å². The molecule has 0 spiro atoms. The van der Waals surface area contributed by atoms with Gasteiger partial charge in [0.1, 0.15) is 11.6 Å². The van der Waals surface area contributed by atoms with Gasteiger partial charge in [-0.1, -0.05) is 42.8 Å². The molecule has 0 bridgehead atoms. The van der Waals surface area contributed by atoms with Crippen LogP contribution in [0.5, 0.6) is 0 Å². The topological polar surface area (TPSA) is 73.8 Å². The highest BCUT2D eigenvalue weighted by molar-refractivity contribution is 5.94. The van der Waals surface area contributed by atoms with Crippen molar-refractivity contribution in [2.24, 2.45) is 0 Å². The van der Waals surface area contributed by atoms with Crippen LogP contribution < -0.4 is 10.6 Å². The van der Waals surface area contributed by atoms with E-state index >= 15 is 0 Å². The molecule has 1 aliphatic rings. The second-order valence-electron chi connectivity index (χ2n) is 11.4. The molecule has 1 amide bonds. The molecule has 0 unspecified atom stereocenters. The van der Waals surface area contributed by atoms with Gasteiger partial charge in [-0.3, -0.25) is 9.69 Å². The van der Waals surface area contributed by atoms with Crippen LogP contribution in [0.25, 0.3) is 0 Å². The zero-order valence-corrected chi connectivity index (χ0v) is 27.3. The van der Waals surface area contributed by atoms with E-state index in [0.717, 1.165) is 48.6 Å². The van der Waals surface area contributed by atoms with Gasteiger partial charge in [-0.15, -0.1) is 24.8 Å². The number of aliphatic hydroxyl groups is 1. The van der Waals surface area contributed by atoms with Crippen molar-refractivity contribution >= 4 is 30.7 Å². The van der Waals surface area contributed by atoms with E-state index in [1.807, 2.05) is 31.2 Å². The van der Waals surface area contributed by atoms with Crippen molar-refractivity contribution in [3.63, 3.8) is 0 Å². The Kier molecular flexibility index (Phi) is 15.7. The third-order valence-electron chi connectivity index (χ3n) is 7.88. The van der Waals surface area contributed by atoms with E-state index < -0.39 is 23.8 Å². The van der Waals surface area contributed by atoms with E-state index in [0.29, 0.717) is 36.9 Å². The lowest BCUT2D eigenvalue weighted by Gasteiger charge is -2.26. The Labute approximate surface area is 272 Å². The summed E-state index contributed by atoms with van der Waals surface area (Å²) < 4.78 is 33.3. The minimum atomic E-state index is -1.00. The predicted octanol–water partition coefficient (Wildman–Crippen LogP) is 5.78. The molecular formula is C34H45Cl2F2N3O3. The number of likely N-dealkylation sites (tertiary alicyclic amines) is 1. The predicted molar refractivity (Wildman–Crippen MR) is 176 cm³/mol. The standard InChI is InChI=1S/C34H43F2N3O3.2ClH/c1-4-24-7-5-8-25(13-24)19-37-20-33(40)32(17-26-15-29(35)18-30(36)16-26)38-34(41)28-12-23(2)11-27(14-28)21-39-10-6-9-31(39)22-42-3;;/h5,7-8,11-16,18,31-33,37,40H,4,6,9-10,17,19-22H2,1-3H3,(H,38,41);2*1H/t31-,32+,33+;;/m1../s1. The number of methoxy groups -OCH3 is 1. The van der Waals surface area contributed by atoms with Crippen LogP contribution in [-0.2, 0) is 30.7 Å². The van der Waals surface area contributed by atoms with Crippen molar-refractivity contribution in [3.8, 4) is 0 Å². The first kappa shape index (κ1) is 37.6. The molecule has 0 aliphatic carbocycles. The lowest BCUT2D eigenvalue weighted by Crippen LogP contribution is -2.48. The second-order valence-corrected chi connectivity index (χ2v) is 11.4. The highest BCUT2D eigenvalue weighted by Crippen LogP contribution is 2.22. The molecular weight excluding hydrogens is 607 g/mol. The number of halogens is 4. The zero-order chi connectivity index (χ0) is 30.1. The molecule has 0 saturated carbocycles. The summed E-state index contributed by atoms with van der Waals surface area (Å²) in [4.78, 5) is 15.9. The summed E-state index contributed by atoms with van der Waals surface area (Å²) in [6.07, 6.45) is 2.20. The van der Waals surface area contributed by atoms with Crippen LogP contribution in [0.1, 0.15) is 57.9 Å². The maximum atomic E-state index is 14.0. The SMILES string of the molecule is CCc1cccc(CNC[C@H](O)[C@H](Cc2cc(F)cc(F)c2)NC(=O)c2cc(C)cc(CN3CCC[C@@H]3COC)c2)c1.Cl.Cl. The molecule has 1 fully saturated rings. The third kappa shape index (κ3) is 11.1. The third-order valence-corrected chi connectivity index (χ3v) is 7.88. The molecule has 0 aromatic heterocycles. The van der Waals surface area contributed by atoms with Gasteiger partial charge in [0.25, 0.3) is 5.91 Å².